The smallest absolute Gasteiger partial charge is 0.0210 e. The van der Waals surface area contributed by atoms with Gasteiger partial charge in [0.15, 0.2) is 0 Å². The van der Waals surface area contributed by atoms with E-state index in [0.29, 0.717) is 0 Å². The van der Waals surface area contributed by atoms with Crippen molar-refractivity contribution in [3.05, 3.63) is 0 Å². The molecule has 0 aliphatic carbocycles. The van der Waals surface area contributed by atoms with Gasteiger partial charge in [0.25, 0.3) is 0 Å². The molecule has 2 heterocycles. The van der Waals surface area contributed by atoms with E-state index in [9.17, 15) is 0 Å². The van der Waals surface area contributed by atoms with E-state index in [2.05, 4.69) is 40.8 Å². The van der Waals surface area contributed by atoms with Gasteiger partial charge in [-0.25, -0.2) is 0 Å². The van der Waals surface area contributed by atoms with Crippen molar-refractivity contribution in [2.75, 3.05) is 51.3 Å². The van der Waals surface area contributed by atoms with Crippen LogP contribution in [-0.4, -0.2) is 73.2 Å². The lowest BCUT2D eigenvalue weighted by molar-refractivity contribution is 0.293. The molecule has 2 aliphatic rings. The molecule has 94 valence electrons. The Morgan fingerprint density at radius 2 is 2.06 bits per heavy atom. The lowest BCUT2D eigenvalue weighted by atomic mass is 10.2. The molecule has 2 rings (SSSR count). The summed E-state index contributed by atoms with van der Waals surface area (Å²) in [5.74, 6) is 2.65. The van der Waals surface area contributed by atoms with Gasteiger partial charge in [-0.2, -0.15) is 11.8 Å². The molecule has 0 aromatic rings. The lowest BCUT2D eigenvalue weighted by Crippen LogP contribution is -2.41. The number of hydrogen-bond acceptors (Lipinski definition) is 4. The second-order valence-corrected chi connectivity index (χ2v) is 6.35. The van der Waals surface area contributed by atoms with Crippen molar-refractivity contribution in [2.24, 2.45) is 0 Å². The first-order chi connectivity index (χ1) is 7.75. The summed E-state index contributed by atoms with van der Waals surface area (Å²) in [6.45, 7) is 8.51. The van der Waals surface area contributed by atoms with E-state index in [1.165, 1.54) is 44.1 Å². The van der Waals surface area contributed by atoms with Gasteiger partial charge in [-0.3, -0.25) is 0 Å². The van der Waals surface area contributed by atoms with Crippen LogP contribution in [-0.2, 0) is 0 Å². The third-order valence-electron chi connectivity index (χ3n) is 3.85. The number of nitrogens with zero attached hydrogens (tertiary/aromatic N) is 2. The van der Waals surface area contributed by atoms with E-state index in [0.717, 1.165) is 18.6 Å². The Labute approximate surface area is 104 Å². The van der Waals surface area contributed by atoms with Crippen molar-refractivity contribution in [1.82, 2.24) is 15.1 Å². The van der Waals surface area contributed by atoms with Gasteiger partial charge in [0.2, 0.25) is 0 Å². The van der Waals surface area contributed by atoms with Crippen molar-refractivity contribution < 1.29 is 0 Å². The number of thioether (sulfide) groups is 1. The quantitative estimate of drug-likeness (QED) is 0.784. The van der Waals surface area contributed by atoms with Gasteiger partial charge in [-0.1, -0.05) is 0 Å². The van der Waals surface area contributed by atoms with Gasteiger partial charge in [-0.15, -0.1) is 0 Å². The molecular weight excluding hydrogens is 218 g/mol. The normalized spacial score (nSPS) is 33.4. The average Bonchev–Trinajstić information content (AvgIpc) is 2.60. The molecule has 2 atom stereocenters. The van der Waals surface area contributed by atoms with Crippen LogP contribution in [0.25, 0.3) is 0 Å². The van der Waals surface area contributed by atoms with Crippen LogP contribution in [0.4, 0.5) is 0 Å². The number of likely N-dealkylation sites (tertiary alicyclic amines) is 1. The molecule has 2 aliphatic heterocycles. The summed E-state index contributed by atoms with van der Waals surface area (Å²) in [6.07, 6.45) is 1.31. The summed E-state index contributed by atoms with van der Waals surface area (Å²) in [4.78, 5) is 5.04. The highest BCUT2D eigenvalue weighted by Gasteiger charge is 2.25. The van der Waals surface area contributed by atoms with Crippen LogP contribution in [0.2, 0.25) is 0 Å². The molecule has 0 radical (unpaired) electrons. The molecule has 1 N–H and O–H groups in total. The molecule has 0 bridgehead atoms. The molecule has 4 heteroatoms. The first-order valence-electron chi connectivity index (χ1n) is 6.49. The molecule has 3 nitrogen and oxygen atoms in total. The van der Waals surface area contributed by atoms with Gasteiger partial charge in [0.1, 0.15) is 0 Å². The molecule has 0 saturated carbocycles. The third-order valence-corrected chi connectivity index (χ3v) is 4.79. The SMILES string of the molecule is CC1CC(NCCN2CCSCC2)CN1C. The van der Waals surface area contributed by atoms with Crippen LogP contribution in [0, 0.1) is 0 Å². The average molecular weight is 243 g/mol. The highest BCUT2D eigenvalue weighted by Crippen LogP contribution is 2.14. The highest BCUT2D eigenvalue weighted by molar-refractivity contribution is 7.99. The minimum atomic E-state index is 0.721. The Morgan fingerprint density at radius 1 is 1.31 bits per heavy atom. The van der Waals surface area contributed by atoms with Crippen molar-refractivity contribution in [1.29, 1.82) is 0 Å². The van der Waals surface area contributed by atoms with Crippen LogP contribution in [0.3, 0.4) is 0 Å². The molecule has 2 unspecified atom stereocenters. The number of rotatable bonds is 4. The Morgan fingerprint density at radius 3 is 2.69 bits per heavy atom. The predicted molar refractivity (Wildman–Crippen MR) is 72.3 cm³/mol. The molecule has 0 aromatic carbocycles. The van der Waals surface area contributed by atoms with Gasteiger partial charge >= 0.3 is 0 Å². The summed E-state index contributed by atoms with van der Waals surface area (Å²) < 4.78 is 0. The van der Waals surface area contributed by atoms with Crippen LogP contribution >= 0.6 is 11.8 Å². The minimum absolute atomic E-state index is 0.721. The molecule has 2 fully saturated rings. The Hall–Kier alpha value is 0.230. The van der Waals surface area contributed by atoms with Gasteiger partial charge < -0.3 is 15.1 Å². The maximum Gasteiger partial charge on any atom is 0.0210 e. The summed E-state index contributed by atoms with van der Waals surface area (Å²) in [5.41, 5.74) is 0. The second kappa shape index (κ2) is 6.24. The molecule has 2 saturated heterocycles. The Kier molecular flexibility index (Phi) is 4.95. The first-order valence-corrected chi connectivity index (χ1v) is 7.65. The van der Waals surface area contributed by atoms with Crippen molar-refractivity contribution >= 4 is 11.8 Å². The zero-order valence-electron chi connectivity index (χ0n) is 10.6. The largest absolute Gasteiger partial charge is 0.311 e. The minimum Gasteiger partial charge on any atom is -0.311 e. The summed E-state index contributed by atoms with van der Waals surface area (Å²) >= 11 is 2.09. The fraction of sp³-hybridized carbons (Fsp3) is 1.00. The van der Waals surface area contributed by atoms with E-state index in [4.69, 9.17) is 0 Å². The van der Waals surface area contributed by atoms with Crippen LogP contribution < -0.4 is 5.32 Å². The fourth-order valence-electron chi connectivity index (χ4n) is 2.59. The zero-order chi connectivity index (χ0) is 11.4. The first kappa shape index (κ1) is 12.7. The Bertz CT molecular complexity index is 196. The van der Waals surface area contributed by atoms with Gasteiger partial charge in [0, 0.05) is 56.3 Å². The second-order valence-electron chi connectivity index (χ2n) is 5.13. The fourth-order valence-corrected chi connectivity index (χ4v) is 3.57. The van der Waals surface area contributed by atoms with E-state index in [-0.39, 0.29) is 0 Å². The molecule has 16 heavy (non-hydrogen) atoms. The van der Waals surface area contributed by atoms with E-state index in [1.54, 1.807) is 0 Å². The van der Waals surface area contributed by atoms with Crippen molar-refractivity contribution in [3.63, 3.8) is 0 Å². The lowest BCUT2D eigenvalue weighted by Gasteiger charge is -2.26. The summed E-state index contributed by atoms with van der Waals surface area (Å²) in [7, 11) is 2.23. The van der Waals surface area contributed by atoms with Crippen molar-refractivity contribution in [2.45, 2.75) is 25.4 Å². The van der Waals surface area contributed by atoms with Crippen LogP contribution in [0.1, 0.15) is 13.3 Å². The summed E-state index contributed by atoms with van der Waals surface area (Å²) in [5, 5.41) is 3.70. The number of likely N-dealkylation sites (N-methyl/N-ethyl adjacent to an activating group) is 1. The topological polar surface area (TPSA) is 18.5 Å². The monoisotopic (exact) mass is 243 g/mol. The molecular formula is C12H25N3S. The number of hydrogen-bond donors (Lipinski definition) is 1. The van der Waals surface area contributed by atoms with E-state index in [1.807, 2.05) is 0 Å². The Balaban J connectivity index is 1.57. The summed E-state index contributed by atoms with van der Waals surface area (Å²) in [6, 6.07) is 1.48. The van der Waals surface area contributed by atoms with E-state index >= 15 is 0 Å². The molecule has 0 aromatic heterocycles. The predicted octanol–water partition coefficient (Wildman–Crippen LogP) is 0.717. The van der Waals surface area contributed by atoms with Gasteiger partial charge in [-0.05, 0) is 20.4 Å². The maximum absolute atomic E-state index is 3.70. The highest BCUT2D eigenvalue weighted by atomic mass is 32.2. The molecule has 0 amide bonds. The third kappa shape index (κ3) is 3.62. The standard InChI is InChI=1S/C12H25N3S/c1-11-9-12(10-14(11)2)13-3-4-15-5-7-16-8-6-15/h11-13H,3-10H2,1-2H3. The number of nitrogens with one attached hydrogen (secondary N) is 1. The zero-order valence-corrected chi connectivity index (χ0v) is 11.4. The maximum atomic E-state index is 3.70. The van der Waals surface area contributed by atoms with Crippen molar-refractivity contribution in [3.8, 4) is 0 Å². The van der Waals surface area contributed by atoms with Crippen LogP contribution in [0.15, 0.2) is 0 Å². The molecule has 0 spiro atoms. The van der Waals surface area contributed by atoms with Gasteiger partial charge in [0.05, 0.1) is 0 Å². The van der Waals surface area contributed by atoms with Crippen LogP contribution in [0.5, 0.6) is 0 Å². The van der Waals surface area contributed by atoms with E-state index < -0.39 is 0 Å².